The van der Waals surface area contributed by atoms with Crippen LogP contribution in [0.2, 0.25) is 0 Å². The van der Waals surface area contributed by atoms with Crippen molar-refractivity contribution in [3.8, 4) is 5.75 Å². The quantitative estimate of drug-likeness (QED) is 0.438. The van der Waals surface area contributed by atoms with Crippen LogP contribution in [0.15, 0.2) is 53.4 Å². The van der Waals surface area contributed by atoms with Crippen molar-refractivity contribution >= 4 is 15.8 Å². The van der Waals surface area contributed by atoms with Crippen LogP contribution in [0.4, 0.5) is 5.69 Å². The number of hydrogen-bond donors (Lipinski definition) is 0. The second-order valence-electron chi connectivity index (χ2n) is 4.63. The van der Waals surface area contributed by atoms with E-state index >= 15 is 0 Å². The van der Waals surface area contributed by atoms with Crippen LogP contribution in [0.5, 0.6) is 5.75 Å². The van der Waals surface area contributed by atoms with Crippen molar-refractivity contribution in [3.05, 3.63) is 64.2 Å². The minimum Gasteiger partial charge on any atom is -0.497 e. The molecule has 7 nitrogen and oxygen atoms in total. The highest BCUT2D eigenvalue weighted by Gasteiger charge is 2.16. The van der Waals surface area contributed by atoms with Gasteiger partial charge in [0, 0.05) is 12.1 Å². The molecule has 0 saturated heterocycles. The lowest BCUT2D eigenvalue weighted by Gasteiger charge is -2.06. The molecule has 0 radical (unpaired) electrons. The van der Waals surface area contributed by atoms with Gasteiger partial charge in [0.2, 0.25) is 0 Å². The molecule has 23 heavy (non-hydrogen) atoms. The Labute approximate surface area is 133 Å². The Morgan fingerprint density at radius 2 is 1.65 bits per heavy atom. The highest BCUT2D eigenvalue weighted by molar-refractivity contribution is 7.86. The Morgan fingerprint density at radius 3 is 2.17 bits per heavy atom. The monoisotopic (exact) mass is 337 g/mol. The number of nitrogens with zero attached hydrogens (tertiary/aromatic N) is 1. The van der Waals surface area contributed by atoms with Gasteiger partial charge in [0.25, 0.3) is 15.8 Å². The summed E-state index contributed by atoms with van der Waals surface area (Å²) in [4.78, 5) is 9.84. The third-order valence-electron chi connectivity index (χ3n) is 3.12. The summed E-state index contributed by atoms with van der Waals surface area (Å²) < 4.78 is 34.0. The Morgan fingerprint density at radius 1 is 1.04 bits per heavy atom. The largest absolute Gasteiger partial charge is 0.497 e. The van der Waals surface area contributed by atoms with Crippen molar-refractivity contribution in [1.29, 1.82) is 0 Å². The Balaban J connectivity index is 1.96. The van der Waals surface area contributed by atoms with E-state index in [1.807, 2.05) is 12.1 Å². The maximum atomic E-state index is 12.0. The summed E-state index contributed by atoms with van der Waals surface area (Å²) in [6.07, 6.45) is 0.413. The molecular weight excluding hydrogens is 322 g/mol. The topological polar surface area (TPSA) is 95.7 Å². The molecule has 0 fully saturated rings. The summed E-state index contributed by atoms with van der Waals surface area (Å²) >= 11 is 0. The fourth-order valence-corrected chi connectivity index (χ4v) is 2.77. The molecule has 0 amide bonds. The molecule has 8 heteroatoms. The van der Waals surface area contributed by atoms with Crippen molar-refractivity contribution in [3.63, 3.8) is 0 Å². The Bertz CT molecular complexity index is 769. The minimum absolute atomic E-state index is 0.0222. The average Bonchev–Trinajstić information content (AvgIpc) is 2.55. The van der Waals surface area contributed by atoms with E-state index in [1.54, 1.807) is 19.2 Å². The average molecular weight is 337 g/mol. The minimum atomic E-state index is -3.93. The summed E-state index contributed by atoms with van der Waals surface area (Å²) in [7, 11) is -2.37. The number of rotatable bonds is 7. The third-order valence-corrected chi connectivity index (χ3v) is 4.45. The zero-order valence-corrected chi connectivity index (χ0v) is 13.2. The van der Waals surface area contributed by atoms with Gasteiger partial charge in [-0.25, -0.2) is 0 Å². The van der Waals surface area contributed by atoms with Crippen LogP contribution >= 0.6 is 0 Å². The lowest BCUT2D eigenvalue weighted by molar-refractivity contribution is -0.384. The molecule has 0 saturated carbocycles. The van der Waals surface area contributed by atoms with Gasteiger partial charge >= 0.3 is 0 Å². The van der Waals surface area contributed by atoms with Crippen molar-refractivity contribution < 1.29 is 22.3 Å². The van der Waals surface area contributed by atoms with E-state index in [9.17, 15) is 18.5 Å². The van der Waals surface area contributed by atoms with E-state index in [0.717, 1.165) is 29.8 Å². The molecule has 2 rings (SSSR count). The number of ether oxygens (including phenoxy) is 1. The first-order valence-corrected chi connectivity index (χ1v) is 8.10. The van der Waals surface area contributed by atoms with Gasteiger partial charge in [-0.3, -0.25) is 14.3 Å². The van der Waals surface area contributed by atoms with Crippen molar-refractivity contribution in [2.45, 2.75) is 11.3 Å². The van der Waals surface area contributed by atoms with E-state index < -0.39 is 15.0 Å². The molecule has 0 aliphatic carbocycles. The lowest BCUT2D eigenvalue weighted by atomic mass is 10.1. The standard InChI is InChI=1S/C15H15NO6S/c1-21-14-6-2-12(3-7-14)10-11-22-23(19,20)15-8-4-13(5-9-15)16(17)18/h2-9H,10-11H2,1H3. The predicted molar refractivity (Wildman–Crippen MR) is 82.9 cm³/mol. The zero-order chi connectivity index (χ0) is 16.9. The predicted octanol–water partition coefficient (Wildman–Crippen LogP) is 2.55. The third kappa shape index (κ3) is 4.51. The molecule has 0 bridgehead atoms. The first kappa shape index (κ1) is 16.9. The summed E-state index contributed by atoms with van der Waals surface area (Å²) in [6, 6.07) is 11.8. The summed E-state index contributed by atoms with van der Waals surface area (Å²) in [5.74, 6) is 0.716. The van der Waals surface area contributed by atoms with Gasteiger partial charge in [0.05, 0.1) is 23.5 Å². The van der Waals surface area contributed by atoms with Crippen molar-refractivity contribution in [2.24, 2.45) is 0 Å². The fourth-order valence-electron chi connectivity index (χ4n) is 1.86. The van der Waals surface area contributed by atoms with E-state index in [0.29, 0.717) is 12.2 Å². The van der Waals surface area contributed by atoms with Gasteiger partial charge in [-0.15, -0.1) is 0 Å². The molecule has 2 aromatic carbocycles. The highest BCUT2D eigenvalue weighted by atomic mass is 32.2. The zero-order valence-electron chi connectivity index (χ0n) is 12.3. The number of hydrogen-bond acceptors (Lipinski definition) is 6. The van der Waals surface area contributed by atoms with E-state index in [4.69, 9.17) is 8.92 Å². The maximum Gasteiger partial charge on any atom is 0.296 e. The molecule has 0 spiro atoms. The van der Waals surface area contributed by atoms with Gasteiger partial charge < -0.3 is 4.74 Å². The van der Waals surface area contributed by atoms with Gasteiger partial charge in [-0.2, -0.15) is 8.42 Å². The molecule has 122 valence electrons. The normalized spacial score (nSPS) is 11.2. The SMILES string of the molecule is COc1ccc(CCOS(=O)(=O)c2ccc([N+](=O)[O-])cc2)cc1. The molecule has 2 aromatic rings. The molecule has 0 aliphatic rings. The molecule has 0 atom stereocenters. The van der Waals surface area contributed by atoms with Crippen LogP contribution in [0.25, 0.3) is 0 Å². The van der Waals surface area contributed by atoms with E-state index in [2.05, 4.69) is 0 Å². The van der Waals surface area contributed by atoms with Crippen LogP contribution in [-0.4, -0.2) is 27.1 Å². The molecule has 0 heterocycles. The van der Waals surface area contributed by atoms with Crippen LogP contribution in [0, 0.1) is 10.1 Å². The summed E-state index contributed by atoms with van der Waals surface area (Å²) in [5.41, 5.74) is 0.729. The number of nitro groups is 1. The number of methoxy groups -OCH3 is 1. The number of non-ortho nitro benzene ring substituents is 1. The number of nitro benzene ring substituents is 1. The van der Waals surface area contributed by atoms with Crippen LogP contribution in [-0.2, 0) is 20.7 Å². The van der Waals surface area contributed by atoms with Gasteiger partial charge in [0.1, 0.15) is 5.75 Å². The summed E-state index contributed by atoms with van der Waals surface area (Å²) in [6.45, 7) is -0.0222. The van der Waals surface area contributed by atoms with Gasteiger partial charge in [-0.05, 0) is 36.2 Å². The Kier molecular flexibility index (Phi) is 5.30. The Hall–Kier alpha value is -2.45. The summed E-state index contributed by atoms with van der Waals surface area (Å²) in [5, 5.41) is 10.6. The van der Waals surface area contributed by atoms with Crippen molar-refractivity contribution in [1.82, 2.24) is 0 Å². The smallest absolute Gasteiger partial charge is 0.296 e. The van der Waals surface area contributed by atoms with Crippen LogP contribution < -0.4 is 4.74 Å². The van der Waals surface area contributed by atoms with E-state index in [-0.39, 0.29) is 17.2 Å². The lowest BCUT2D eigenvalue weighted by Crippen LogP contribution is -2.09. The van der Waals surface area contributed by atoms with Gasteiger partial charge in [-0.1, -0.05) is 12.1 Å². The molecule has 0 aromatic heterocycles. The maximum absolute atomic E-state index is 12.0. The van der Waals surface area contributed by atoms with Crippen LogP contribution in [0.1, 0.15) is 5.56 Å². The first-order valence-electron chi connectivity index (χ1n) is 6.69. The second kappa shape index (κ2) is 7.21. The molecular formula is C15H15NO6S. The van der Waals surface area contributed by atoms with Crippen molar-refractivity contribution in [2.75, 3.05) is 13.7 Å². The van der Waals surface area contributed by atoms with Crippen LogP contribution in [0.3, 0.4) is 0 Å². The fraction of sp³-hybridized carbons (Fsp3) is 0.200. The van der Waals surface area contributed by atoms with E-state index in [1.165, 1.54) is 0 Å². The second-order valence-corrected chi connectivity index (χ2v) is 6.24. The molecule has 0 aliphatic heterocycles. The number of benzene rings is 2. The highest BCUT2D eigenvalue weighted by Crippen LogP contribution is 2.18. The molecule has 0 unspecified atom stereocenters. The van der Waals surface area contributed by atoms with Gasteiger partial charge in [0.15, 0.2) is 0 Å². The first-order chi connectivity index (χ1) is 10.9. The molecule has 0 N–H and O–H groups in total.